The van der Waals surface area contributed by atoms with E-state index in [1.54, 1.807) is 0 Å². The van der Waals surface area contributed by atoms with Gasteiger partial charge in [-0.3, -0.25) is 0 Å². The number of allylic oxidation sites excluding steroid dienone is 1. The third kappa shape index (κ3) is 3.16. The number of rotatable bonds is 4. The first-order chi connectivity index (χ1) is 9.69. The number of anilines is 1. The number of hydrogen-bond donors (Lipinski definition) is 0. The van der Waals surface area contributed by atoms with Crippen molar-refractivity contribution in [1.29, 1.82) is 0 Å². The van der Waals surface area contributed by atoms with Gasteiger partial charge < -0.3 is 9.64 Å². The SMILES string of the molecule is CCOC(=O)C1=C(C)N(c2ccccc2)C(CI)CC1. The summed E-state index contributed by atoms with van der Waals surface area (Å²) in [5.74, 6) is -0.169. The van der Waals surface area contributed by atoms with Gasteiger partial charge in [-0.05, 0) is 38.8 Å². The third-order valence-corrected chi connectivity index (χ3v) is 4.64. The average molecular weight is 385 g/mol. The van der Waals surface area contributed by atoms with Gasteiger partial charge in [-0.25, -0.2) is 4.79 Å². The van der Waals surface area contributed by atoms with Gasteiger partial charge in [0.15, 0.2) is 0 Å². The smallest absolute Gasteiger partial charge is 0.335 e. The zero-order valence-electron chi connectivity index (χ0n) is 11.9. The molecule has 2 rings (SSSR count). The van der Waals surface area contributed by atoms with Crippen LogP contribution >= 0.6 is 22.6 Å². The van der Waals surface area contributed by atoms with Crippen LogP contribution in [-0.2, 0) is 9.53 Å². The Morgan fingerprint density at radius 3 is 2.70 bits per heavy atom. The van der Waals surface area contributed by atoms with E-state index < -0.39 is 0 Å². The third-order valence-electron chi connectivity index (χ3n) is 3.63. The lowest BCUT2D eigenvalue weighted by Crippen LogP contribution is -2.40. The standard InChI is InChI=1S/C16H20INO2/c1-3-20-16(19)15-10-9-14(11-17)18(12(15)2)13-7-5-4-6-8-13/h4-8,14H,3,9-11H2,1-2H3. The minimum absolute atomic E-state index is 0.169. The van der Waals surface area contributed by atoms with Crippen molar-refractivity contribution in [3.63, 3.8) is 0 Å². The van der Waals surface area contributed by atoms with Crippen molar-refractivity contribution in [3.8, 4) is 0 Å². The van der Waals surface area contributed by atoms with Crippen LogP contribution in [-0.4, -0.2) is 23.0 Å². The minimum Gasteiger partial charge on any atom is -0.463 e. The van der Waals surface area contributed by atoms with Crippen LogP contribution in [0.3, 0.4) is 0 Å². The highest BCUT2D eigenvalue weighted by Crippen LogP contribution is 2.33. The fraction of sp³-hybridized carbons (Fsp3) is 0.438. The molecule has 1 aromatic rings. The molecule has 0 radical (unpaired) electrons. The topological polar surface area (TPSA) is 29.5 Å². The number of ether oxygens (including phenoxy) is 1. The Morgan fingerprint density at radius 1 is 1.40 bits per heavy atom. The number of alkyl halides is 1. The largest absolute Gasteiger partial charge is 0.463 e. The molecular formula is C16H20INO2. The van der Waals surface area contributed by atoms with E-state index in [0.29, 0.717) is 12.6 Å². The summed E-state index contributed by atoms with van der Waals surface area (Å²) in [6.45, 7) is 4.30. The maximum Gasteiger partial charge on any atom is 0.335 e. The predicted molar refractivity (Wildman–Crippen MR) is 90.2 cm³/mol. The summed E-state index contributed by atoms with van der Waals surface area (Å²) in [7, 11) is 0. The number of carbonyl (C=O) groups excluding carboxylic acids is 1. The van der Waals surface area contributed by atoms with Gasteiger partial charge in [0.2, 0.25) is 0 Å². The van der Waals surface area contributed by atoms with E-state index >= 15 is 0 Å². The molecule has 0 aromatic heterocycles. The van der Waals surface area contributed by atoms with Gasteiger partial charge in [0.25, 0.3) is 0 Å². The molecule has 0 aliphatic carbocycles. The highest BCUT2D eigenvalue weighted by molar-refractivity contribution is 14.1. The molecule has 1 unspecified atom stereocenters. The molecule has 3 nitrogen and oxygen atoms in total. The normalized spacial score (nSPS) is 19.1. The Morgan fingerprint density at radius 2 is 2.10 bits per heavy atom. The zero-order valence-corrected chi connectivity index (χ0v) is 14.1. The number of halogens is 1. The molecule has 0 saturated heterocycles. The second-order valence-electron chi connectivity index (χ2n) is 4.84. The zero-order chi connectivity index (χ0) is 14.5. The van der Waals surface area contributed by atoms with E-state index in [0.717, 1.165) is 34.2 Å². The molecule has 4 heteroatoms. The molecule has 1 aliphatic rings. The lowest BCUT2D eigenvalue weighted by Gasteiger charge is -2.38. The fourth-order valence-corrected chi connectivity index (χ4v) is 3.48. The van der Waals surface area contributed by atoms with Crippen LogP contribution in [0, 0.1) is 0 Å². The van der Waals surface area contributed by atoms with E-state index in [9.17, 15) is 4.79 Å². The van der Waals surface area contributed by atoms with Crippen molar-refractivity contribution in [2.45, 2.75) is 32.7 Å². The highest BCUT2D eigenvalue weighted by atomic mass is 127. The molecule has 0 N–H and O–H groups in total. The summed E-state index contributed by atoms with van der Waals surface area (Å²) in [6, 6.07) is 10.7. The number of hydrogen-bond acceptors (Lipinski definition) is 3. The van der Waals surface area contributed by atoms with Crippen LogP contribution in [0.1, 0.15) is 26.7 Å². The molecule has 108 valence electrons. The van der Waals surface area contributed by atoms with Crippen LogP contribution in [0.25, 0.3) is 0 Å². The lowest BCUT2D eigenvalue weighted by atomic mass is 9.96. The summed E-state index contributed by atoms with van der Waals surface area (Å²) in [5, 5.41) is 0. The molecule has 1 aromatic carbocycles. The van der Waals surface area contributed by atoms with Crippen LogP contribution in [0.4, 0.5) is 5.69 Å². The molecule has 20 heavy (non-hydrogen) atoms. The minimum atomic E-state index is -0.169. The Labute approximate surface area is 134 Å². The van der Waals surface area contributed by atoms with E-state index in [1.807, 2.05) is 32.0 Å². The second kappa shape index (κ2) is 7.11. The quantitative estimate of drug-likeness (QED) is 0.447. The Kier molecular flexibility index (Phi) is 5.46. The first-order valence-electron chi connectivity index (χ1n) is 6.96. The fourth-order valence-electron chi connectivity index (χ4n) is 2.65. The molecule has 0 amide bonds. The summed E-state index contributed by atoms with van der Waals surface area (Å²) < 4.78 is 6.22. The van der Waals surface area contributed by atoms with E-state index in [4.69, 9.17) is 4.74 Å². The van der Waals surface area contributed by atoms with Crippen molar-refractivity contribution in [3.05, 3.63) is 41.6 Å². The first-order valence-corrected chi connectivity index (χ1v) is 8.48. The molecule has 0 bridgehead atoms. The number of benzene rings is 1. The Bertz CT molecular complexity index is 498. The summed E-state index contributed by atoms with van der Waals surface area (Å²) in [5.41, 5.74) is 2.99. The summed E-state index contributed by atoms with van der Waals surface area (Å²) >= 11 is 2.42. The maximum absolute atomic E-state index is 12.1. The van der Waals surface area contributed by atoms with Crippen LogP contribution in [0.5, 0.6) is 0 Å². The number of para-hydroxylation sites is 1. The van der Waals surface area contributed by atoms with Crippen molar-refractivity contribution in [1.82, 2.24) is 0 Å². The average Bonchev–Trinajstić information content (AvgIpc) is 2.47. The lowest BCUT2D eigenvalue weighted by molar-refractivity contribution is -0.138. The van der Waals surface area contributed by atoms with Crippen LogP contribution in [0.2, 0.25) is 0 Å². The van der Waals surface area contributed by atoms with E-state index in [2.05, 4.69) is 39.6 Å². The first kappa shape index (κ1) is 15.4. The second-order valence-corrected chi connectivity index (χ2v) is 5.72. The number of carbonyl (C=O) groups is 1. The van der Waals surface area contributed by atoms with Crippen LogP contribution in [0.15, 0.2) is 41.6 Å². The Balaban J connectivity index is 2.38. The molecule has 1 heterocycles. The monoisotopic (exact) mass is 385 g/mol. The van der Waals surface area contributed by atoms with Crippen molar-refractivity contribution in [2.24, 2.45) is 0 Å². The summed E-state index contributed by atoms with van der Waals surface area (Å²) in [4.78, 5) is 14.4. The number of esters is 1. The van der Waals surface area contributed by atoms with Gasteiger partial charge in [-0.15, -0.1) is 0 Å². The van der Waals surface area contributed by atoms with Gasteiger partial charge in [0, 0.05) is 21.9 Å². The summed E-state index contributed by atoms with van der Waals surface area (Å²) in [6.07, 6.45) is 1.80. The van der Waals surface area contributed by atoms with Gasteiger partial charge >= 0.3 is 5.97 Å². The molecule has 0 spiro atoms. The van der Waals surface area contributed by atoms with Crippen molar-refractivity contribution in [2.75, 3.05) is 15.9 Å². The maximum atomic E-state index is 12.1. The number of nitrogens with zero attached hydrogens (tertiary/aromatic N) is 1. The van der Waals surface area contributed by atoms with Crippen molar-refractivity contribution >= 4 is 34.2 Å². The van der Waals surface area contributed by atoms with Gasteiger partial charge in [0.05, 0.1) is 12.2 Å². The highest BCUT2D eigenvalue weighted by Gasteiger charge is 2.29. The predicted octanol–water partition coefficient (Wildman–Crippen LogP) is 3.93. The van der Waals surface area contributed by atoms with Crippen LogP contribution < -0.4 is 4.90 Å². The van der Waals surface area contributed by atoms with Gasteiger partial charge in [-0.1, -0.05) is 40.8 Å². The van der Waals surface area contributed by atoms with E-state index in [-0.39, 0.29) is 5.97 Å². The molecule has 0 fully saturated rings. The molecule has 0 saturated carbocycles. The molecule has 1 atom stereocenters. The van der Waals surface area contributed by atoms with Crippen molar-refractivity contribution < 1.29 is 9.53 Å². The molecule has 1 aliphatic heterocycles. The Hall–Kier alpha value is -1.04. The van der Waals surface area contributed by atoms with Gasteiger partial charge in [0.1, 0.15) is 0 Å². The van der Waals surface area contributed by atoms with E-state index in [1.165, 1.54) is 0 Å². The molecular weight excluding hydrogens is 365 g/mol. The van der Waals surface area contributed by atoms with Gasteiger partial charge in [-0.2, -0.15) is 0 Å².